The van der Waals surface area contributed by atoms with Gasteiger partial charge in [0.05, 0.1) is 24.5 Å². The van der Waals surface area contributed by atoms with E-state index in [1.165, 1.54) is 36.9 Å². The number of hydrogen-bond donors (Lipinski definition) is 1. The van der Waals surface area contributed by atoms with Crippen molar-refractivity contribution in [2.24, 2.45) is 0 Å². The molecule has 0 amide bonds. The molecule has 0 spiro atoms. The molecule has 0 aromatic carbocycles. The van der Waals surface area contributed by atoms with E-state index in [4.69, 9.17) is 5.10 Å². The highest BCUT2D eigenvalue weighted by Crippen LogP contribution is 2.28. The van der Waals surface area contributed by atoms with Crippen LogP contribution in [0.1, 0.15) is 55.6 Å². The molecular formula is C16H25N5. The zero-order chi connectivity index (χ0) is 14.7. The Morgan fingerprint density at radius 1 is 1.33 bits per heavy atom. The van der Waals surface area contributed by atoms with E-state index in [0.717, 1.165) is 25.3 Å². The maximum Gasteiger partial charge on any atom is 0.0852 e. The first-order valence-corrected chi connectivity index (χ1v) is 8.04. The number of hydrogen-bond acceptors (Lipinski definition) is 3. The van der Waals surface area contributed by atoms with Crippen LogP contribution in [-0.4, -0.2) is 26.1 Å². The van der Waals surface area contributed by atoms with Crippen LogP contribution in [-0.2, 0) is 13.1 Å². The highest BCUT2D eigenvalue weighted by molar-refractivity contribution is 5.17. The van der Waals surface area contributed by atoms with E-state index in [0.29, 0.717) is 6.04 Å². The SMILES string of the molecule is CCNCc1cnn(Cc2ccn(C3CCCC3)n2)c1C. The second-order valence-electron chi connectivity index (χ2n) is 5.92. The average molecular weight is 287 g/mol. The van der Waals surface area contributed by atoms with Crippen LogP contribution in [0.15, 0.2) is 18.5 Å². The summed E-state index contributed by atoms with van der Waals surface area (Å²) < 4.78 is 4.20. The summed E-state index contributed by atoms with van der Waals surface area (Å²) in [6.45, 7) is 6.88. The average Bonchev–Trinajstić information content (AvgIpc) is 3.20. The van der Waals surface area contributed by atoms with Gasteiger partial charge in [-0.2, -0.15) is 10.2 Å². The van der Waals surface area contributed by atoms with E-state index in [9.17, 15) is 0 Å². The van der Waals surface area contributed by atoms with Crippen LogP contribution in [0, 0.1) is 6.92 Å². The quantitative estimate of drug-likeness (QED) is 0.888. The van der Waals surface area contributed by atoms with Crippen LogP contribution in [0.3, 0.4) is 0 Å². The zero-order valence-corrected chi connectivity index (χ0v) is 13.0. The topological polar surface area (TPSA) is 47.7 Å². The predicted octanol–water partition coefficient (Wildman–Crippen LogP) is 2.66. The molecule has 0 atom stereocenters. The van der Waals surface area contributed by atoms with Crippen LogP contribution in [0.4, 0.5) is 0 Å². The molecule has 21 heavy (non-hydrogen) atoms. The third kappa shape index (κ3) is 3.18. The van der Waals surface area contributed by atoms with Crippen molar-refractivity contribution in [3.8, 4) is 0 Å². The molecule has 1 N–H and O–H groups in total. The van der Waals surface area contributed by atoms with Gasteiger partial charge in [0.1, 0.15) is 0 Å². The van der Waals surface area contributed by atoms with Crippen molar-refractivity contribution < 1.29 is 0 Å². The second kappa shape index (κ2) is 6.43. The molecule has 3 rings (SSSR count). The molecule has 1 fully saturated rings. The van der Waals surface area contributed by atoms with Crippen molar-refractivity contribution in [3.05, 3.63) is 35.4 Å². The van der Waals surface area contributed by atoms with E-state index in [1.54, 1.807) is 0 Å². The highest BCUT2D eigenvalue weighted by Gasteiger charge is 2.17. The summed E-state index contributed by atoms with van der Waals surface area (Å²) in [5.74, 6) is 0. The van der Waals surface area contributed by atoms with Gasteiger partial charge in [0.25, 0.3) is 0 Å². The van der Waals surface area contributed by atoms with Crippen LogP contribution in [0.25, 0.3) is 0 Å². The lowest BCUT2D eigenvalue weighted by Crippen LogP contribution is -2.13. The van der Waals surface area contributed by atoms with E-state index >= 15 is 0 Å². The van der Waals surface area contributed by atoms with Crippen molar-refractivity contribution in [2.45, 2.75) is 58.7 Å². The van der Waals surface area contributed by atoms with Crippen molar-refractivity contribution in [1.82, 2.24) is 24.9 Å². The summed E-state index contributed by atoms with van der Waals surface area (Å²) >= 11 is 0. The number of aromatic nitrogens is 4. The third-order valence-corrected chi connectivity index (χ3v) is 4.44. The van der Waals surface area contributed by atoms with Gasteiger partial charge in [-0.3, -0.25) is 9.36 Å². The lowest BCUT2D eigenvalue weighted by atomic mass is 10.2. The first kappa shape index (κ1) is 14.3. The van der Waals surface area contributed by atoms with Crippen LogP contribution >= 0.6 is 0 Å². The van der Waals surface area contributed by atoms with Gasteiger partial charge in [-0.05, 0) is 32.4 Å². The molecule has 1 aliphatic carbocycles. The maximum absolute atomic E-state index is 4.74. The van der Waals surface area contributed by atoms with Gasteiger partial charge in [-0.25, -0.2) is 0 Å². The largest absolute Gasteiger partial charge is 0.313 e. The standard InChI is InChI=1S/C16H25N5/c1-3-17-10-14-11-18-21(13(14)2)12-15-8-9-20(19-15)16-6-4-5-7-16/h8-9,11,16-17H,3-7,10,12H2,1-2H3. The van der Waals surface area contributed by atoms with Crippen molar-refractivity contribution in [1.29, 1.82) is 0 Å². The smallest absolute Gasteiger partial charge is 0.0852 e. The molecule has 0 unspecified atom stereocenters. The number of nitrogens with zero attached hydrogens (tertiary/aromatic N) is 4. The fourth-order valence-electron chi connectivity index (χ4n) is 3.07. The summed E-state index contributed by atoms with van der Waals surface area (Å²) in [5, 5.41) is 12.6. The Labute approximate surface area is 126 Å². The van der Waals surface area contributed by atoms with Gasteiger partial charge >= 0.3 is 0 Å². The third-order valence-electron chi connectivity index (χ3n) is 4.44. The Bertz CT molecular complexity index is 577. The normalized spacial score (nSPS) is 15.9. The Balaban J connectivity index is 1.67. The van der Waals surface area contributed by atoms with Crippen molar-refractivity contribution in [3.63, 3.8) is 0 Å². The molecule has 0 aliphatic heterocycles. The van der Waals surface area contributed by atoms with Gasteiger partial charge in [0.2, 0.25) is 0 Å². The van der Waals surface area contributed by atoms with Gasteiger partial charge in [0, 0.05) is 24.0 Å². The fourth-order valence-corrected chi connectivity index (χ4v) is 3.07. The molecule has 5 heteroatoms. The Hall–Kier alpha value is -1.62. The molecule has 2 aromatic heterocycles. The lowest BCUT2D eigenvalue weighted by molar-refractivity contribution is 0.460. The van der Waals surface area contributed by atoms with Gasteiger partial charge < -0.3 is 5.32 Å². The summed E-state index contributed by atoms with van der Waals surface area (Å²) in [7, 11) is 0. The Morgan fingerprint density at radius 3 is 2.90 bits per heavy atom. The molecule has 5 nitrogen and oxygen atoms in total. The molecule has 2 heterocycles. The molecule has 1 saturated carbocycles. The summed E-state index contributed by atoms with van der Waals surface area (Å²) in [6.07, 6.45) is 9.32. The summed E-state index contributed by atoms with van der Waals surface area (Å²) in [5.41, 5.74) is 3.60. The maximum atomic E-state index is 4.74. The van der Waals surface area contributed by atoms with Gasteiger partial charge in [-0.15, -0.1) is 0 Å². The Kier molecular flexibility index (Phi) is 4.39. The molecule has 0 bridgehead atoms. The number of rotatable bonds is 6. The molecule has 2 aromatic rings. The van der Waals surface area contributed by atoms with Gasteiger partial charge in [0.15, 0.2) is 0 Å². The summed E-state index contributed by atoms with van der Waals surface area (Å²) in [6, 6.07) is 2.74. The van der Waals surface area contributed by atoms with Crippen LogP contribution in [0.2, 0.25) is 0 Å². The molecule has 0 radical (unpaired) electrons. The van der Waals surface area contributed by atoms with Crippen molar-refractivity contribution >= 4 is 0 Å². The minimum atomic E-state index is 0.613. The Morgan fingerprint density at radius 2 is 2.14 bits per heavy atom. The number of nitrogens with one attached hydrogen (secondary N) is 1. The predicted molar refractivity (Wildman–Crippen MR) is 83.2 cm³/mol. The van der Waals surface area contributed by atoms with Crippen LogP contribution < -0.4 is 5.32 Å². The molecule has 0 saturated heterocycles. The fraction of sp³-hybridized carbons (Fsp3) is 0.625. The molecule has 114 valence electrons. The second-order valence-corrected chi connectivity index (χ2v) is 5.92. The minimum absolute atomic E-state index is 0.613. The monoisotopic (exact) mass is 287 g/mol. The van der Waals surface area contributed by atoms with E-state index in [-0.39, 0.29) is 0 Å². The van der Waals surface area contributed by atoms with E-state index in [1.807, 2.05) is 10.9 Å². The lowest BCUT2D eigenvalue weighted by Gasteiger charge is -2.09. The zero-order valence-electron chi connectivity index (χ0n) is 13.0. The first-order valence-electron chi connectivity index (χ1n) is 8.04. The minimum Gasteiger partial charge on any atom is -0.313 e. The first-order chi connectivity index (χ1) is 10.3. The summed E-state index contributed by atoms with van der Waals surface area (Å²) in [4.78, 5) is 0. The van der Waals surface area contributed by atoms with E-state index in [2.05, 4.69) is 41.2 Å². The molecular weight excluding hydrogens is 262 g/mol. The highest BCUT2D eigenvalue weighted by atomic mass is 15.3. The van der Waals surface area contributed by atoms with Crippen molar-refractivity contribution in [2.75, 3.05) is 6.54 Å². The van der Waals surface area contributed by atoms with Gasteiger partial charge in [-0.1, -0.05) is 19.8 Å². The van der Waals surface area contributed by atoms with Crippen LogP contribution in [0.5, 0.6) is 0 Å². The van der Waals surface area contributed by atoms with E-state index < -0.39 is 0 Å². The molecule has 1 aliphatic rings.